The first-order valence-corrected chi connectivity index (χ1v) is 7.42. The second-order valence-electron chi connectivity index (χ2n) is 5.40. The van der Waals surface area contributed by atoms with Gasteiger partial charge in [-0.25, -0.2) is 0 Å². The highest BCUT2D eigenvalue weighted by atomic mass is 16.5. The zero-order valence-electron chi connectivity index (χ0n) is 13.1. The van der Waals surface area contributed by atoms with Crippen LogP contribution in [0.5, 0.6) is 17.2 Å². The second kappa shape index (κ2) is 6.16. The topological polar surface area (TPSA) is 55.8 Å². The summed E-state index contributed by atoms with van der Waals surface area (Å²) in [6, 6.07) is 10.8. The Kier molecular flexibility index (Phi) is 4.06. The molecule has 4 nitrogen and oxygen atoms in total. The molecule has 0 saturated carbocycles. The van der Waals surface area contributed by atoms with Crippen molar-refractivity contribution in [2.75, 3.05) is 14.2 Å². The standard InChI is InChI=1S/C19H18O4/c1-22-18-5-3-4-13-14(18)7-8-16(20)15(13)10-12-6-9-19(23-2)17(21)11-12/h3-6,9-11,21H,7-8H2,1-2H3/b15-10+. The number of methoxy groups -OCH3 is 2. The van der Waals surface area contributed by atoms with E-state index in [1.165, 1.54) is 7.11 Å². The van der Waals surface area contributed by atoms with Gasteiger partial charge >= 0.3 is 0 Å². The Balaban J connectivity index is 2.09. The molecule has 0 spiro atoms. The minimum Gasteiger partial charge on any atom is -0.504 e. The maximum atomic E-state index is 12.4. The first-order chi connectivity index (χ1) is 11.1. The summed E-state index contributed by atoms with van der Waals surface area (Å²) < 4.78 is 10.4. The average molecular weight is 310 g/mol. The minimum atomic E-state index is 0.0518. The molecule has 1 aliphatic carbocycles. The first kappa shape index (κ1) is 15.2. The summed E-state index contributed by atoms with van der Waals surface area (Å²) >= 11 is 0. The lowest BCUT2D eigenvalue weighted by molar-refractivity contribution is -0.113. The monoisotopic (exact) mass is 310 g/mol. The number of rotatable bonds is 3. The predicted octanol–water partition coefficient (Wildman–Crippen LogP) is 3.47. The van der Waals surface area contributed by atoms with Crippen LogP contribution in [0.15, 0.2) is 36.4 Å². The van der Waals surface area contributed by atoms with Gasteiger partial charge in [-0.1, -0.05) is 18.2 Å². The molecule has 0 aliphatic heterocycles. The number of fused-ring (bicyclic) bond motifs is 1. The van der Waals surface area contributed by atoms with E-state index in [1.807, 2.05) is 24.3 Å². The normalized spacial score (nSPS) is 15.4. The van der Waals surface area contributed by atoms with E-state index in [0.29, 0.717) is 24.2 Å². The Morgan fingerprint density at radius 2 is 1.83 bits per heavy atom. The van der Waals surface area contributed by atoms with Gasteiger partial charge in [-0.2, -0.15) is 0 Å². The molecule has 2 aromatic carbocycles. The molecule has 0 amide bonds. The Labute approximate surface area is 135 Å². The van der Waals surface area contributed by atoms with Crippen LogP contribution in [0.1, 0.15) is 23.1 Å². The smallest absolute Gasteiger partial charge is 0.163 e. The SMILES string of the molecule is COc1ccc(/C=C2/C(=O)CCc3c(OC)cccc32)cc1O. The minimum absolute atomic E-state index is 0.0518. The number of hydrogen-bond donors (Lipinski definition) is 1. The highest BCUT2D eigenvalue weighted by Gasteiger charge is 2.23. The average Bonchev–Trinajstić information content (AvgIpc) is 2.57. The van der Waals surface area contributed by atoms with E-state index < -0.39 is 0 Å². The predicted molar refractivity (Wildman–Crippen MR) is 88.9 cm³/mol. The van der Waals surface area contributed by atoms with Crippen molar-refractivity contribution in [3.05, 3.63) is 53.1 Å². The van der Waals surface area contributed by atoms with E-state index in [0.717, 1.165) is 22.4 Å². The van der Waals surface area contributed by atoms with Crippen molar-refractivity contribution in [3.63, 3.8) is 0 Å². The summed E-state index contributed by atoms with van der Waals surface area (Å²) in [5.74, 6) is 1.36. The number of hydrogen-bond acceptors (Lipinski definition) is 4. The zero-order chi connectivity index (χ0) is 16.4. The van der Waals surface area contributed by atoms with Gasteiger partial charge in [-0.05, 0) is 41.8 Å². The fraction of sp³-hybridized carbons (Fsp3) is 0.211. The van der Waals surface area contributed by atoms with E-state index in [-0.39, 0.29) is 11.5 Å². The van der Waals surface area contributed by atoms with Crippen LogP contribution >= 0.6 is 0 Å². The summed E-state index contributed by atoms with van der Waals surface area (Å²) in [5, 5.41) is 9.90. The molecule has 0 radical (unpaired) electrons. The molecule has 0 unspecified atom stereocenters. The van der Waals surface area contributed by atoms with Crippen LogP contribution in [0.3, 0.4) is 0 Å². The Morgan fingerprint density at radius 3 is 2.52 bits per heavy atom. The third kappa shape index (κ3) is 2.80. The van der Waals surface area contributed by atoms with E-state index in [9.17, 15) is 9.90 Å². The number of benzene rings is 2. The number of phenolic OH excluding ortho intramolecular Hbond substituents is 1. The van der Waals surface area contributed by atoms with Gasteiger partial charge in [0, 0.05) is 17.6 Å². The number of Topliss-reactive ketones (excluding diaryl/α,β-unsaturated/α-hetero) is 1. The van der Waals surface area contributed by atoms with Gasteiger partial charge in [0.05, 0.1) is 14.2 Å². The van der Waals surface area contributed by atoms with Crippen LogP contribution in [0.2, 0.25) is 0 Å². The van der Waals surface area contributed by atoms with Crippen LogP contribution in [0.25, 0.3) is 11.6 Å². The summed E-state index contributed by atoms with van der Waals surface area (Å²) in [5.41, 5.74) is 3.35. The van der Waals surface area contributed by atoms with Crippen molar-refractivity contribution in [1.29, 1.82) is 0 Å². The van der Waals surface area contributed by atoms with Gasteiger partial charge < -0.3 is 14.6 Å². The van der Waals surface area contributed by atoms with Gasteiger partial charge in [-0.3, -0.25) is 4.79 Å². The van der Waals surface area contributed by atoms with Crippen LogP contribution in [0.4, 0.5) is 0 Å². The number of carbonyl (C=O) groups excluding carboxylic acids is 1. The third-order valence-corrected chi connectivity index (χ3v) is 4.06. The molecular weight excluding hydrogens is 292 g/mol. The lowest BCUT2D eigenvalue weighted by atomic mass is 9.85. The van der Waals surface area contributed by atoms with Crippen molar-refractivity contribution in [1.82, 2.24) is 0 Å². The molecule has 0 bridgehead atoms. The van der Waals surface area contributed by atoms with E-state index in [2.05, 4.69) is 0 Å². The molecule has 2 aromatic rings. The van der Waals surface area contributed by atoms with Crippen molar-refractivity contribution in [3.8, 4) is 17.2 Å². The molecule has 1 N–H and O–H groups in total. The quantitative estimate of drug-likeness (QED) is 0.882. The molecule has 23 heavy (non-hydrogen) atoms. The number of ether oxygens (including phenoxy) is 2. The van der Waals surface area contributed by atoms with Crippen LogP contribution in [0, 0.1) is 0 Å². The molecule has 4 heteroatoms. The fourth-order valence-corrected chi connectivity index (χ4v) is 2.91. The lowest BCUT2D eigenvalue weighted by Crippen LogP contribution is -2.13. The third-order valence-electron chi connectivity index (χ3n) is 4.06. The Hall–Kier alpha value is -2.75. The molecular formula is C19H18O4. The van der Waals surface area contributed by atoms with Gasteiger partial charge in [0.1, 0.15) is 5.75 Å². The summed E-state index contributed by atoms with van der Waals surface area (Å²) in [4.78, 5) is 12.4. The number of allylic oxidation sites excluding steroid dienone is 1. The van der Waals surface area contributed by atoms with Crippen molar-refractivity contribution in [2.24, 2.45) is 0 Å². The molecule has 0 heterocycles. The van der Waals surface area contributed by atoms with Crippen LogP contribution < -0.4 is 9.47 Å². The van der Waals surface area contributed by atoms with E-state index in [4.69, 9.17) is 9.47 Å². The summed E-state index contributed by atoms with van der Waals surface area (Å²) in [6.07, 6.45) is 2.95. The molecule has 0 atom stereocenters. The first-order valence-electron chi connectivity index (χ1n) is 7.42. The molecule has 118 valence electrons. The molecule has 0 fully saturated rings. The summed E-state index contributed by atoms with van der Waals surface area (Å²) in [6.45, 7) is 0. The number of ketones is 1. The van der Waals surface area contributed by atoms with Crippen LogP contribution in [-0.2, 0) is 11.2 Å². The maximum Gasteiger partial charge on any atom is 0.163 e. The van der Waals surface area contributed by atoms with E-state index >= 15 is 0 Å². The molecule has 3 rings (SSSR count). The second-order valence-corrected chi connectivity index (χ2v) is 5.40. The highest BCUT2D eigenvalue weighted by Crippen LogP contribution is 2.36. The van der Waals surface area contributed by atoms with Crippen LogP contribution in [-0.4, -0.2) is 25.1 Å². The molecule has 0 aromatic heterocycles. The maximum absolute atomic E-state index is 12.4. The van der Waals surface area contributed by atoms with Gasteiger partial charge in [0.15, 0.2) is 17.3 Å². The number of aromatic hydroxyl groups is 1. The van der Waals surface area contributed by atoms with Crippen molar-refractivity contribution >= 4 is 17.4 Å². The number of carbonyl (C=O) groups is 1. The number of phenols is 1. The van der Waals surface area contributed by atoms with Gasteiger partial charge in [0.25, 0.3) is 0 Å². The Bertz CT molecular complexity index is 790. The largest absolute Gasteiger partial charge is 0.504 e. The van der Waals surface area contributed by atoms with Gasteiger partial charge in [0.2, 0.25) is 0 Å². The van der Waals surface area contributed by atoms with Crippen molar-refractivity contribution < 1.29 is 19.4 Å². The molecule has 0 saturated heterocycles. The van der Waals surface area contributed by atoms with E-state index in [1.54, 1.807) is 25.3 Å². The van der Waals surface area contributed by atoms with Gasteiger partial charge in [-0.15, -0.1) is 0 Å². The van der Waals surface area contributed by atoms with Crippen molar-refractivity contribution in [2.45, 2.75) is 12.8 Å². The Morgan fingerprint density at radius 1 is 1.04 bits per heavy atom. The fourth-order valence-electron chi connectivity index (χ4n) is 2.91. The lowest BCUT2D eigenvalue weighted by Gasteiger charge is -2.20. The zero-order valence-corrected chi connectivity index (χ0v) is 13.1. The highest BCUT2D eigenvalue weighted by molar-refractivity contribution is 6.26. The summed E-state index contributed by atoms with van der Waals surface area (Å²) in [7, 11) is 3.14. The molecule has 1 aliphatic rings.